The molecule has 0 spiro atoms. The van der Waals surface area contributed by atoms with Crippen LogP contribution in [-0.4, -0.2) is 25.8 Å². The van der Waals surface area contributed by atoms with Gasteiger partial charge < -0.3 is 14.2 Å². The van der Waals surface area contributed by atoms with E-state index in [1.807, 2.05) is 13.0 Å². The number of carbonyl (C=O) groups is 1. The van der Waals surface area contributed by atoms with Crippen molar-refractivity contribution < 1.29 is 19.0 Å². The van der Waals surface area contributed by atoms with Crippen molar-refractivity contribution in [2.75, 3.05) is 19.8 Å². The fraction of sp³-hybridized carbons (Fsp3) is 0.294. The van der Waals surface area contributed by atoms with E-state index in [9.17, 15) is 4.79 Å². The maximum Gasteiger partial charge on any atom is 0.348 e. The Balaban J connectivity index is 3.10. The zero-order chi connectivity index (χ0) is 16.4. The van der Waals surface area contributed by atoms with Crippen molar-refractivity contribution >= 4 is 12.0 Å². The van der Waals surface area contributed by atoms with E-state index < -0.39 is 5.97 Å². The van der Waals surface area contributed by atoms with Gasteiger partial charge in [-0.1, -0.05) is 12.0 Å². The van der Waals surface area contributed by atoms with Crippen LogP contribution in [0.5, 0.6) is 11.5 Å². The molecule has 0 heterocycles. The topological polar surface area (TPSA) is 68.5 Å². The number of esters is 1. The average Bonchev–Trinajstić information content (AvgIpc) is 2.52. The quantitative estimate of drug-likeness (QED) is 0.335. The number of ether oxygens (including phenoxy) is 3. The second-order valence-electron chi connectivity index (χ2n) is 4.02. The van der Waals surface area contributed by atoms with Gasteiger partial charge in [-0.05, 0) is 37.6 Å². The molecule has 114 valence electrons. The first-order valence-corrected chi connectivity index (χ1v) is 6.78. The maximum atomic E-state index is 11.6. The monoisotopic (exact) mass is 299 g/mol. The van der Waals surface area contributed by atoms with Crippen LogP contribution in [0.1, 0.15) is 19.4 Å². The largest absolute Gasteiger partial charge is 0.490 e. The van der Waals surface area contributed by atoms with Crippen LogP contribution in [0.2, 0.25) is 0 Å². The molecule has 0 aliphatic rings. The Bertz CT molecular complexity index is 635. The molecule has 1 rings (SSSR count). The smallest absolute Gasteiger partial charge is 0.348 e. The number of nitriles is 1. The first-order valence-electron chi connectivity index (χ1n) is 6.78. The molecule has 0 unspecified atom stereocenters. The first kappa shape index (κ1) is 17.1. The van der Waals surface area contributed by atoms with Crippen LogP contribution in [0.15, 0.2) is 23.8 Å². The minimum atomic E-state index is -0.657. The summed E-state index contributed by atoms with van der Waals surface area (Å²) in [6, 6.07) is 6.87. The zero-order valence-corrected chi connectivity index (χ0v) is 12.6. The second-order valence-corrected chi connectivity index (χ2v) is 4.02. The highest BCUT2D eigenvalue weighted by molar-refractivity contribution is 5.97. The lowest BCUT2D eigenvalue weighted by Gasteiger charge is -2.11. The Kier molecular flexibility index (Phi) is 7.08. The molecule has 0 N–H and O–H groups in total. The van der Waals surface area contributed by atoms with Gasteiger partial charge in [0.25, 0.3) is 0 Å². The van der Waals surface area contributed by atoms with Crippen molar-refractivity contribution in [1.82, 2.24) is 0 Å². The van der Waals surface area contributed by atoms with Crippen LogP contribution >= 0.6 is 0 Å². The molecule has 0 atom stereocenters. The molecule has 0 aromatic heterocycles. The lowest BCUT2D eigenvalue weighted by atomic mass is 10.1. The van der Waals surface area contributed by atoms with E-state index in [1.54, 1.807) is 25.1 Å². The summed E-state index contributed by atoms with van der Waals surface area (Å²) in [6.45, 7) is 4.30. The van der Waals surface area contributed by atoms with Crippen molar-refractivity contribution in [3.63, 3.8) is 0 Å². The zero-order valence-electron chi connectivity index (χ0n) is 12.6. The third-order valence-corrected chi connectivity index (χ3v) is 2.51. The molecule has 0 amide bonds. The molecule has 0 aliphatic heterocycles. The van der Waals surface area contributed by atoms with Crippen molar-refractivity contribution in [3.05, 3.63) is 29.3 Å². The Morgan fingerprint density at radius 2 is 2.05 bits per heavy atom. The maximum absolute atomic E-state index is 11.6. The molecular formula is C17H17NO4. The Morgan fingerprint density at radius 1 is 1.27 bits per heavy atom. The number of terminal acetylenes is 1. The van der Waals surface area contributed by atoms with Crippen molar-refractivity contribution in [1.29, 1.82) is 5.26 Å². The van der Waals surface area contributed by atoms with Crippen molar-refractivity contribution in [2.45, 2.75) is 13.8 Å². The normalized spacial score (nSPS) is 10.3. The van der Waals surface area contributed by atoms with Gasteiger partial charge >= 0.3 is 5.97 Å². The molecule has 1 aromatic rings. The number of nitrogens with zero attached hydrogens (tertiary/aromatic N) is 1. The van der Waals surface area contributed by atoms with Crippen LogP contribution in [-0.2, 0) is 9.53 Å². The third kappa shape index (κ3) is 4.88. The molecule has 5 heteroatoms. The van der Waals surface area contributed by atoms with Crippen LogP contribution in [0.4, 0.5) is 0 Å². The Morgan fingerprint density at radius 3 is 2.64 bits per heavy atom. The van der Waals surface area contributed by atoms with Gasteiger partial charge in [-0.2, -0.15) is 5.26 Å². The van der Waals surface area contributed by atoms with Crippen molar-refractivity contribution in [3.8, 4) is 29.9 Å². The van der Waals surface area contributed by atoms with Gasteiger partial charge in [0.2, 0.25) is 0 Å². The van der Waals surface area contributed by atoms with E-state index in [-0.39, 0.29) is 18.8 Å². The minimum Gasteiger partial charge on any atom is -0.490 e. The van der Waals surface area contributed by atoms with Gasteiger partial charge in [0.15, 0.2) is 11.5 Å². The molecule has 1 aromatic carbocycles. The molecule has 0 saturated carbocycles. The van der Waals surface area contributed by atoms with E-state index in [2.05, 4.69) is 5.92 Å². The lowest BCUT2D eigenvalue weighted by Crippen LogP contribution is -2.06. The van der Waals surface area contributed by atoms with Gasteiger partial charge in [-0.15, -0.1) is 6.42 Å². The molecular weight excluding hydrogens is 282 g/mol. The molecule has 0 aliphatic carbocycles. The SMILES string of the molecule is C#CCOc1ccc(C=C(C#N)C(=O)OCC)cc1OCC. The fourth-order valence-corrected chi connectivity index (χ4v) is 1.63. The molecule has 0 radical (unpaired) electrons. The molecule has 0 bridgehead atoms. The molecule has 5 nitrogen and oxygen atoms in total. The van der Waals surface area contributed by atoms with Gasteiger partial charge in [0.1, 0.15) is 18.2 Å². The summed E-state index contributed by atoms with van der Waals surface area (Å²) in [5.41, 5.74) is 0.544. The molecule has 0 saturated heterocycles. The van der Waals surface area contributed by atoms with Gasteiger partial charge in [-0.25, -0.2) is 4.79 Å². The predicted octanol–water partition coefficient (Wildman–Crippen LogP) is 2.57. The van der Waals surface area contributed by atoms with Gasteiger partial charge in [0, 0.05) is 0 Å². The summed E-state index contributed by atoms with van der Waals surface area (Å²) in [4.78, 5) is 11.6. The number of benzene rings is 1. The molecule has 22 heavy (non-hydrogen) atoms. The van der Waals surface area contributed by atoms with E-state index in [0.29, 0.717) is 23.7 Å². The number of rotatable bonds is 7. The van der Waals surface area contributed by atoms with Crippen LogP contribution < -0.4 is 9.47 Å². The second kappa shape index (κ2) is 9.10. The summed E-state index contributed by atoms with van der Waals surface area (Å²) < 4.78 is 15.7. The van der Waals surface area contributed by atoms with Crippen molar-refractivity contribution in [2.24, 2.45) is 0 Å². The Labute approximate surface area is 130 Å². The highest BCUT2D eigenvalue weighted by Gasteiger charge is 2.11. The summed E-state index contributed by atoms with van der Waals surface area (Å²) in [7, 11) is 0. The average molecular weight is 299 g/mol. The van der Waals surface area contributed by atoms with Gasteiger partial charge in [0.05, 0.1) is 13.2 Å². The predicted molar refractivity (Wildman–Crippen MR) is 82.2 cm³/mol. The number of carbonyl (C=O) groups excluding carboxylic acids is 1. The highest BCUT2D eigenvalue weighted by atomic mass is 16.5. The van der Waals surface area contributed by atoms with Crippen LogP contribution in [0.25, 0.3) is 6.08 Å². The highest BCUT2D eigenvalue weighted by Crippen LogP contribution is 2.29. The third-order valence-electron chi connectivity index (χ3n) is 2.51. The van der Waals surface area contributed by atoms with Gasteiger partial charge in [-0.3, -0.25) is 0 Å². The van der Waals surface area contributed by atoms with Crippen LogP contribution in [0.3, 0.4) is 0 Å². The summed E-state index contributed by atoms with van der Waals surface area (Å²) in [6.07, 6.45) is 6.60. The summed E-state index contributed by atoms with van der Waals surface area (Å²) in [5, 5.41) is 9.03. The van der Waals surface area contributed by atoms with E-state index >= 15 is 0 Å². The lowest BCUT2D eigenvalue weighted by molar-refractivity contribution is -0.137. The van der Waals surface area contributed by atoms with E-state index in [1.165, 1.54) is 6.08 Å². The van der Waals surface area contributed by atoms with Crippen LogP contribution in [0, 0.1) is 23.7 Å². The fourth-order valence-electron chi connectivity index (χ4n) is 1.63. The van der Waals surface area contributed by atoms with E-state index in [0.717, 1.165) is 0 Å². The minimum absolute atomic E-state index is 0.0819. The Hall–Kier alpha value is -2.92. The van der Waals surface area contributed by atoms with E-state index in [4.69, 9.17) is 25.9 Å². The molecule has 0 fully saturated rings. The standard InChI is InChI=1S/C17H17NO4/c1-4-9-22-15-8-7-13(11-16(15)20-5-2)10-14(12-18)17(19)21-6-3/h1,7-8,10-11H,5-6,9H2,2-3H3. The first-order chi connectivity index (χ1) is 10.7. The number of hydrogen-bond acceptors (Lipinski definition) is 5. The number of hydrogen-bond donors (Lipinski definition) is 0. The summed E-state index contributed by atoms with van der Waals surface area (Å²) >= 11 is 0. The summed E-state index contributed by atoms with van der Waals surface area (Å²) in [5.74, 6) is 2.72.